The molecule has 1 saturated carbocycles. The number of halogens is 1. The van der Waals surface area contributed by atoms with Crippen molar-refractivity contribution in [3.05, 3.63) is 35.5 Å². The molecule has 1 fully saturated rings. The lowest BCUT2D eigenvalue weighted by Crippen LogP contribution is -2.31. The number of nitrogens with one attached hydrogen (secondary N) is 1. The molecule has 1 atom stereocenters. The topological polar surface area (TPSA) is 24.9 Å². The Morgan fingerprint density at radius 3 is 2.95 bits per heavy atom. The fraction of sp³-hybridized carbons (Fsp3) is 0.471. The maximum Gasteiger partial charge on any atom is 0.0737 e. The molecule has 20 heavy (non-hydrogen) atoms. The molecule has 1 N–H and O–H groups in total. The van der Waals surface area contributed by atoms with E-state index in [4.69, 9.17) is 11.6 Å². The van der Waals surface area contributed by atoms with Gasteiger partial charge in [-0.1, -0.05) is 31.9 Å². The van der Waals surface area contributed by atoms with Gasteiger partial charge in [0.05, 0.1) is 5.52 Å². The van der Waals surface area contributed by atoms with E-state index in [0.717, 1.165) is 15.9 Å². The fourth-order valence-electron chi connectivity index (χ4n) is 3.29. The van der Waals surface area contributed by atoms with E-state index in [-0.39, 0.29) is 0 Å². The predicted molar refractivity (Wildman–Crippen MR) is 86.4 cm³/mol. The summed E-state index contributed by atoms with van der Waals surface area (Å²) in [5, 5.41) is 5.61. The van der Waals surface area contributed by atoms with E-state index in [1.54, 1.807) is 0 Å². The molecule has 1 unspecified atom stereocenters. The van der Waals surface area contributed by atoms with Gasteiger partial charge in [0.2, 0.25) is 0 Å². The Morgan fingerprint density at radius 1 is 1.30 bits per heavy atom. The van der Waals surface area contributed by atoms with E-state index >= 15 is 0 Å². The van der Waals surface area contributed by atoms with Gasteiger partial charge in [-0.3, -0.25) is 4.98 Å². The molecule has 2 aromatic rings. The van der Waals surface area contributed by atoms with Crippen LogP contribution in [0.3, 0.4) is 0 Å². The highest BCUT2D eigenvalue weighted by molar-refractivity contribution is 6.31. The Kier molecular flexibility index (Phi) is 3.59. The SMILES string of the molecule is CC1(C)CCCC(Nc2ccnc3cc(Cl)ccc23)C1. The lowest BCUT2D eigenvalue weighted by atomic mass is 9.75. The molecule has 0 amide bonds. The van der Waals surface area contributed by atoms with Crippen molar-refractivity contribution in [1.82, 2.24) is 4.98 Å². The van der Waals surface area contributed by atoms with Gasteiger partial charge in [-0.25, -0.2) is 0 Å². The first-order chi connectivity index (χ1) is 9.53. The van der Waals surface area contributed by atoms with Crippen LogP contribution in [0.25, 0.3) is 10.9 Å². The van der Waals surface area contributed by atoms with E-state index in [9.17, 15) is 0 Å². The van der Waals surface area contributed by atoms with Crippen molar-refractivity contribution < 1.29 is 0 Å². The zero-order valence-corrected chi connectivity index (χ0v) is 12.9. The third-order valence-corrected chi connectivity index (χ3v) is 4.50. The summed E-state index contributed by atoms with van der Waals surface area (Å²) in [6, 6.07) is 8.53. The normalized spacial score (nSPS) is 21.9. The molecular formula is C17H21ClN2. The van der Waals surface area contributed by atoms with Gasteiger partial charge < -0.3 is 5.32 Å². The van der Waals surface area contributed by atoms with E-state index < -0.39 is 0 Å². The molecule has 1 aliphatic rings. The fourth-order valence-corrected chi connectivity index (χ4v) is 3.45. The van der Waals surface area contributed by atoms with Crippen molar-refractivity contribution in [2.75, 3.05) is 5.32 Å². The third kappa shape index (κ3) is 2.90. The Hall–Kier alpha value is -1.28. The number of nitrogens with zero attached hydrogens (tertiary/aromatic N) is 1. The molecule has 0 spiro atoms. The van der Waals surface area contributed by atoms with Crippen LogP contribution in [0.1, 0.15) is 39.5 Å². The van der Waals surface area contributed by atoms with Gasteiger partial charge in [0.15, 0.2) is 0 Å². The minimum Gasteiger partial charge on any atom is -0.382 e. The summed E-state index contributed by atoms with van der Waals surface area (Å²) in [5.74, 6) is 0. The lowest BCUT2D eigenvalue weighted by molar-refractivity contribution is 0.229. The number of hydrogen-bond donors (Lipinski definition) is 1. The van der Waals surface area contributed by atoms with Crippen LogP contribution in [0.5, 0.6) is 0 Å². The second kappa shape index (κ2) is 5.25. The lowest BCUT2D eigenvalue weighted by Gasteiger charge is -2.36. The summed E-state index contributed by atoms with van der Waals surface area (Å²) in [6.45, 7) is 4.73. The average molecular weight is 289 g/mol. The molecule has 2 nitrogen and oxygen atoms in total. The molecule has 3 rings (SSSR count). The Labute approximate surface area is 125 Å². The van der Waals surface area contributed by atoms with Gasteiger partial charge in [0, 0.05) is 28.3 Å². The largest absolute Gasteiger partial charge is 0.382 e. The van der Waals surface area contributed by atoms with Gasteiger partial charge in [0.1, 0.15) is 0 Å². The number of benzene rings is 1. The van der Waals surface area contributed by atoms with Crippen molar-refractivity contribution in [1.29, 1.82) is 0 Å². The van der Waals surface area contributed by atoms with Crippen LogP contribution in [0, 0.1) is 5.41 Å². The highest BCUT2D eigenvalue weighted by Gasteiger charge is 2.27. The van der Waals surface area contributed by atoms with Crippen molar-refractivity contribution in [3.63, 3.8) is 0 Å². The molecule has 0 bridgehead atoms. The highest BCUT2D eigenvalue weighted by Crippen LogP contribution is 2.37. The van der Waals surface area contributed by atoms with E-state index in [1.165, 1.54) is 31.4 Å². The molecule has 3 heteroatoms. The van der Waals surface area contributed by atoms with Gasteiger partial charge >= 0.3 is 0 Å². The molecule has 1 aromatic carbocycles. The second-order valence-corrected chi connectivity index (χ2v) is 7.06. The number of rotatable bonds is 2. The standard InChI is InChI=1S/C17H21ClN2/c1-17(2)8-3-4-13(11-17)20-15-7-9-19-16-10-12(18)5-6-14(15)16/h5-7,9-10,13H,3-4,8,11H2,1-2H3,(H,19,20). The molecule has 1 aliphatic carbocycles. The van der Waals surface area contributed by atoms with E-state index in [0.29, 0.717) is 11.5 Å². The first-order valence-electron chi connectivity index (χ1n) is 7.34. The summed E-state index contributed by atoms with van der Waals surface area (Å²) in [6.07, 6.45) is 6.97. The quantitative estimate of drug-likeness (QED) is 0.814. The Bertz CT molecular complexity index is 621. The van der Waals surface area contributed by atoms with Crippen molar-refractivity contribution in [2.24, 2.45) is 5.41 Å². The van der Waals surface area contributed by atoms with Gasteiger partial charge in [-0.15, -0.1) is 0 Å². The van der Waals surface area contributed by atoms with Gasteiger partial charge in [0.25, 0.3) is 0 Å². The van der Waals surface area contributed by atoms with E-state index in [2.05, 4.69) is 36.3 Å². The van der Waals surface area contributed by atoms with Crippen LogP contribution in [0.15, 0.2) is 30.5 Å². The van der Waals surface area contributed by atoms with Crippen molar-refractivity contribution in [2.45, 2.75) is 45.6 Å². The van der Waals surface area contributed by atoms with Crippen molar-refractivity contribution in [3.8, 4) is 0 Å². The Morgan fingerprint density at radius 2 is 2.15 bits per heavy atom. The van der Waals surface area contributed by atoms with E-state index in [1.807, 2.05) is 18.3 Å². The minimum absolute atomic E-state index is 0.446. The molecular weight excluding hydrogens is 268 g/mol. The Balaban J connectivity index is 1.87. The maximum absolute atomic E-state index is 6.04. The second-order valence-electron chi connectivity index (χ2n) is 6.62. The number of fused-ring (bicyclic) bond motifs is 1. The summed E-state index contributed by atoms with van der Waals surface area (Å²) < 4.78 is 0. The highest BCUT2D eigenvalue weighted by atomic mass is 35.5. The molecule has 1 aromatic heterocycles. The first-order valence-corrected chi connectivity index (χ1v) is 7.72. The molecule has 0 aliphatic heterocycles. The van der Waals surface area contributed by atoms with Crippen LogP contribution < -0.4 is 5.32 Å². The van der Waals surface area contributed by atoms with Crippen LogP contribution in [-0.4, -0.2) is 11.0 Å². The molecule has 106 valence electrons. The number of anilines is 1. The average Bonchev–Trinajstić information content (AvgIpc) is 2.37. The van der Waals surface area contributed by atoms with Crippen LogP contribution in [0.2, 0.25) is 5.02 Å². The maximum atomic E-state index is 6.04. The number of hydrogen-bond acceptors (Lipinski definition) is 2. The molecule has 1 heterocycles. The summed E-state index contributed by atoms with van der Waals surface area (Å²) in [4.78, 5) is 4.40. The van der Waals surface area contributed by atoms with Crippen LogP contribution in [-0.2, 0) is 0 Å². The predicted octanol–water partition coefficient (Wildman–Crippen LogP) is 5.27. The summed E-state index contributed by atoms with van der Waals surface area (Å²) in [7, 11) is 0. The molecule has 0 saturated heterocycles. The number of pyridine rings is 1. The summed E-state index contributed by atoms with van der Waals surface area (Å²) >= 11 is 6.04. The molecule has 0 radical (unpaired) electrons. The smallest absolute Gasteiger partial charge is 0.0737 e. The van der Waals surface area contributed by atoms with Crippen molar-refractivity contribution >= 4 is 28.2 Å². The monoisotopic (exact) mass is 288 g/mol. The third-order valence-electron chi connectivity index (χ3n) is 4.27. The van der Waals surface area contributed by atoms with Crippen LogP contribution >= 0.6 is 11.6 Å². The first kappa shape index (κ1) is 13.7. The number of aromatic nitrogens is 1. The van der Waals surface area contributed by atoms with Crippen LogP contribution in [0.4, 0.5) is 5.69 Å². The van der Waals surface area contributed by atoms with Gasteiger partial charge in [-0.05, 0) is 48.9 Å². The summed E-state index contributed by atoms with van der Waals surface area (Å²) in [5.41, 5.74) is 2.58. The van der Waals surface area contributed by atoms with Gasteiger partial charge in [-0.2, -0.15) is 0 Å². The zero-order chi connectivity index (χ0) is 14.2. The zero-order valence-electron chi connectivity index (χ0n) is 12.1. The minimum atomic E-state index is 0.446.